The summed E-state index contributed by atoms with van der Waals surface area (Å²) >= 11 is 1.40. The number of para-hydroxylation sites is 1. The van der Waals surface area contributed by atoms with Gasteiger partial charge in [-0.3, -0.25) is 0 Å². The number of benzene rings is 1. The van der Waals surface area contributed by atoms with Gasteiger partial charge in [-0.2, -0.15) is 11.8 Å². The molecular weight excluding hydrogens is 324 g/mol. The van der Waals surface area contributed by atoms with Crippen molar-refractivity contribution in [2.45, 2.75) is 23.2 Å². The van der Waals surface area contributed by atoms with E-state index in [9.17, 15) is 13.5 Å². The lowest BCUT2D eigenvalue weighted by Gasteiger charge is -2.21. The number of sulfonamides is 1. The van der Waals surface area contributed by atoms with Crippen molar-refractivity contribution < 1.29 is 13.5 Å². The minimum absolute atomic E-state index is 0.0386. The van der Waals surface area contributed by atoms with Gasteiger partial charge in [0.1, 0.15) is 0 Å². The Kier molecular flexibility index (Phi) is 5.57. The highest BCUT2D eigenvalue weighted by atomic mass is 32.2. The average molecular weight is 342 g/mol. The zero-order chi connectivity index (χ0) is 16.2. The van der Waals surface area contributed by atoms with Crippen LogP contribution in [0.3, 0.4) is 0 Å². The number of hydrogen-bond acceptors (Lipinski definition) is 6. The molecule has 2 aromatic rings. The number of rotatable bonds is 7. The summed E-state index contributed by atoms with van der Waals surface area (Å²) in [6.07, 6.45) is 3.02. The molecule has 0 aliphatic carbocycles. The fourth-order valence-corrected chi connectivity index (χ4v) is 4.02. The smallest absolute Gasteiger partial charge is 0.260 e. The number of nitrogens with zero attached hydrogens (tertiary/aromatic N) is 3. The molecule has 0 unspecified atom stereocenters. The Morgan fingerprint density at radius 2 is 2.05 bits per heavy atom. The second-order valence-electron chi connectivity index (χ2n) is 4.69. The topological polar surface area (TPSA) is 97.1 Å². The molecule has 120 valence electrons. The third-order valence-corrected chi connectivity index (χ3v) is 5.85. The molecular formula is C13H18N4O3S2. The van der Waals surface area contributed by atoms with Gasteiger partial charge in [0.2, 0.25) is 0 Å². The van der Waals surface area contributed by atoms with E-state index in [0.717, 1.165) is 0 Å². The van der Waals surface area contributed by atoms with Gasteiger partial charge in [-0.15, -0.1) is 5.10 Å². The van der Waals surface area contributed by atoms with Gasteiger partial charge in [-0.25, -0.2) is 17.8 Å². The van der Waals surface area contributed by atoms with Crippen molar-refractivity contribution in [3.8, 4) is 5.69 Å². The van der Waals surface area contributed by atoms with E-state index in [-0.39, 0.29) is 16.9 Å². The molecule has 1 aromatic heterocycles. The maximum absolute atomic E-state index is 12.5. The first kappa shape index (κ1) is 16.9. The molecule has 0 spiro atoms. The fraction of sp³-hybridized carbons (Fsp3) is 0.385. The number of aliphatic hydroxyl groups is 1. The minimum Gasteiger partial charge on any atom is -0.395 e. The third-order valence-electron chi connectivity index (χ3n) is 3.18. The lowest BCUT2D eigenvalue weighted by molar-refractivity contribution is 0.282. The fourth-order valence-electron chi connectivity index (χ4n) is 1.97. The Balaban J connectivity index is 2.30. The van der Waals surface area contributed by atoms with E-state index in [2.05, 4.69) is 15.0 Å². The molecule has 2 rings (SSSR count). The Morgan fingerprint density at radius 1 is 1.36 bits per heavy atom. The van der Waals surface area contributed by atoms with Crippen LogP contribution in [0.1, 0.15) is 6.92 Å². The summed E-state index contributed by atoms with van der Waals surface area (Å²) in [5, 5.41) is 16.5. The molecule has 2 N–H and O–H groups in total. The molecule has 2 atom stereocenters. The number of aromatic nitrogens is 3. The first-order chi connectivity index (χ1) is 10.5. The Morgan fingerprint density at radius 3 is 2.64 bits per heavy atom. The Hall–Kier alpha value is -1.42. The highest BCUT2D eigenvalue weighted by Crippen LogP contribution is 2.16. The molecule has 0 bridgehead atoms. The highest BCUT2D eigenvalue weighted by Gasteiger charge is 2.26. The van der Waals surface area contributed by atoms with Gasteiger partial charge < -0.3 is 5.11 Å². The molecule has 1 aromatic carbocycles. The minimum atomic E-state index is -3.80. The largest absolute Gasteiger partial charge is 0.395 e. The molecule has 22 heavy (non-hydrogen) atoms. The SMILES string of the molecule is CS[C@@H](CO)[C@@H](C)NS(=O)(=O)c1cnnn1-c1ccccc1. The quantitative estimate of drug-likeness (QED) is 0.767. The first-order valence-electron chi connectivity index (χ1n) is 6.61. The molecule has 0 aliphatic rings. The van der Waals surface area contributed by atoms with Crippen LogP contribution in [0.4, 0.5) is 0 Å². The van der Waals surface area contributed by atoms with E-state index in [0.29, 0.717) is 5.69 Å². The van der Waals surface area contributed by atoms with Crippen LogP contribution in [0.2, 0.25) is 0 Å². The van der Waals surface area contributed by atoms with Crippen LogP contribution in [0.15, 0.2) is 41.6 Å². The van der Waals surface area contributed by atoms with Crippen LogP contribution in [0.25, 0.3) is 5.69 Å². The maximum Gasteiger partial charge on any atom is 0.260 e. The number of aliphatic hydroxyl groups excluding tert-OH is 1. The van der Waals surface area contributed by atoms with Gasteiger partial charge >= 0.3 is 0 Å². The number of thioether (sulfide) groups is 1. The molecule has 9 heteroatoms. The van der Waals surface area contributed by atoms with Crippen molar-refractivity contribution in [1.29, 1.82) is 0 Å². The van der Waals surface area contributed by atoms with Crippen molar-refractivity contribution >= 4 is 21.8 Å². The predicted molar refractivity (Wildman–Crippen MR) is 85.5 cm³/mol. The Labute approximate surface area is 133 Å². The van der Waals surface area contributed by atoms with Gasteiger partial charge in [-0.1, -0.05) is 23.4 Å². The van der Waals surface area contributed by atoms with Crippen molar-refractivity contribution in [3.63, 3.8) is 0 Å². The van der Waals surface area contributed by atoms with Crippen LogP contribution < -0.4 is 4.72 Å². The van der Waals surface area contributed by atoms with Crippen LogP contribution in [-0.4, -0.2) is 52.7 Å². The van der Waals surface area contributed by atoms with E-state index in [4.69, 9.17) is 0 Å². The number of hydrogen-bond donors (Lipinski definition) is 2. The zero-order valence-corrected chi connectivity index (χ0v) is 13.9. The molecule has 7 nitrogen and oxygen atoms in total. The van der Waals surface area contributed by atoms with Gasteiger partial charge in [0.15, 0.2) is 5.03 Å². The van der Waals surface area contributed by atoms with Gasteiger partial charge in [0.05, 0.1) is 18.5 Å². The third kappa shape index (κ3) is 3.67. The van der Waals surface area contributed by atoms with Crippen molar-refractivity contribution in [1.82, 2.24) is 19.7 Å². The summed E-state index contributed by atoms with van der Waals surface area (Å²) in [6, 6.07) is 8.48. The normalized spacial score (nSPS) is 14.7. The summed E-state index contributed by atoms with van der Waals surface area (Å²) < 4.78 is 28.9. The standard InChI is InChI=1S/C13H18N4O3S2/c1-10(12(9-18)21-2)15-22(19,20)13-8-14-16-17(13)11-6-4-3-5-7-11/h3-8,10,12,15,18H,9H2,1-2H3/t10-,12+/m1/s1. The predicted octanol–water partition coefficient (Wildman–Crippen LogP) is 0.658. The van der Waals surface area contributed by atoms with Crippen molar-refractivity contribution in [3.05, 3.63) is 36.5 Å². The summed E-state index contributed by atoms with van der Waals surface area (Å²) in [6.45, 7) is 1.60. The number of nitrogens with one attached hydrogen (secondary N) is 1. The second kappa shape index (κ2) is 7.23. The van der Waals surface area contributed by atoms with E-state index in [1.807, 2.05) is 12.3 Å². The summed E-state index contributed by atoms with van der Waals surface area (Å²) in [4.78, 5) is 0. The lowest BCUT2D eigenvalue weighted by atomic mass is 10.3. The maximum atomic E-state index is 12.5. The van der Waals surface area contributed by atoms with Gasteiger partial charge in [0.25, 0.3) is 10.0 Å². The summed E-state index contributed by atoms with van der Waals surface area (Å²) in [5.41, 5.74) is 0.608. The van der Waals surface area contributed by atoms with E-state index in [1.54, 1.807) is 31.2 Å². The molecule has 0 saturated heterocycles. The first-order valence-corrected chi connectivity index (χ1v) is 9.39. The molecule has 0 aliphatic heterocycles. The summed E-state index contributed by atoms with van der Waals surface area (Å²) in [7, 11) is -3.80. The van der Waals surface area contributed by atoms with Crippen LogP contribution in [0.5, 0.6) is 0 Å². The molecule has 0 amide bonds. The van der Waals surface area contributed by atoms with Gasteiger partial charge in [-0.05, 0) is 25.3 Å². The second-order valence-corrected chi connectivity index (χ2v) is 7.42. The van der Waals surface area contributed by atoms with E-state index < -0.39 is 16.1 Å². The van der Waals surface area contributed by atoms with E-state index in [1.165, 1.54) is 22.6 Å². The van der Waals surface area contributed by atoms with Crippen LogP contribution in [0, 0.1) is 0 Å². The van der Waals surface area contributed by atoms with Crippen LogP contribution >= 0.6 is 11.8 Å². The average Bonchev–Trinajstić information content (AvgIpc) is 2.99. The van der Waals surface area contributed by atoms with Crippen molar-refractivity contribution in [2.24, 2.45) is 0 Å². The monoisotopic (exact) mass is 342 g/mol. The molecule has 0 fully saturated rings. The summed E-state index contributed by atoms with van der Waals surface area (Å²) in [5.74, 6) is 0. The van der Waals surface area contributed by atoms with E-state index >= 15 is 0 Å². The molecule has 0 saturated carbocycles. The molecule has 1 heterocycles. The van der Waals surface area contributed by atoms with Gasteiger partial charge in [0, 0.05) is 11.3 Å². The van der Waals surface area contributed by atoms with Crippen molar-refractivity contribution in [2.75, 3.05) is 12.9 Å². The highest BCUT2D eigenvalue weighted by molar-refractivity contribution is 7.99. The Bertz CT molecular complexity index is 699. The molecule has 0 radical (unpaired) electrons. The zero-order valence-electron chi connectivity index (χ0n) is 12.2. The van der Waals surface area contributed by atoms with Crippen LogP contribution in [-0.2, 0) is 10.0 Å². The lowest BCUT2D eigenvalue weighted by Crippen LogP contribution is -2.41.